The van der Waals surface area contributed by atoms with Crippen molar-refractivity contribution in [2.45, 2.75) is 26.7 Å². The van der Waals surface area contributed by atoms with Crippen LogP contribution in [0.1, 0.15) is 31.0 Å². The Hall–Kier alpha value is -1.83. The van der Waals surface area contributed by atoms with E-state index in [2.05, 4.69) is 18.8 Å². The molecule has 2 rings (SSSR count). The van der Waals surface area contributed by atoms with Gasteiger partial charge in [-0.05, 0) is 37.1 Å². The van der Waals surface area contributed by atoms with Gasteiger partial charge in [-0.1, -0.05) is 31.5 Å². The Bertz CT molecular complexity index is 532. The van der Waals surface area contributed by atoms with Crippen molar-refractivity contribution in [1.29, 1.82) is 0 Å². The number of hydrogen-bond acceptors (Lipinski definition) is 2. The molecule has 0 radical (unpaired) electrons. The van der Waals surface area contributed by atoms with Crippen LogP contribution in [0.3, 0.4) is 0 Å². The Balaban J connectivity index is 2.52. The van der Waals surface area contributed by atoms with Gasteiger partial charge in [0, 0.05) is 11.3 Å². The van der Waals surface area contributed by atoms with Crippen molar-refractivity contribution < 1.29 is 5.11 Å². The summed E-state index contributed by atoms with van der Waals surface area (Å²) in [6, 6.07) is 11.5. The largest absolute Gasteiger partial charge is 0.507 e. The molecule has 0 aliphatic heterocycles. The van der Waals surface area contributed by atoms with Crippen molar-refractivity contribution >= 4 is 0 Å². The fourth-order valence-electron chi connectivity index (χ4n) is 1.78. The van der Waals surface area contributed by atoms with E-state index in [4.69, 9.17) is 0 Å². The second kappa shape index (κ2) is 4.58. The van der Waals surface area contributed by atoms with Crippen LogP contribution in [0.5, 0.6) is 5.75 Å². The summed E-state index contributed by atoms with van der Waals surface area (Å²) < 4.78 is 0. The fraction of sp³-hybridized carbons (Fsp3) is 0.267. The number of hydrogen-bond donors (Lipinski definition) is 1. The molecule has 0 unspecified atom stereocenters. The van der Waals surface area contributed by atoms with Crippen molar-refractivity contribution in [2.24, 2.45) is 0 Å². The Morgan fingerprint density at radius 3 is 2.59 bits per heavy atom. The summed E-state index contributed by atoms with van der Waals surface area (Å²) in [4.78, 5) is 4.58. The van der Waals surface area contributed by atoms with Crippen molar-refractivity contribution in [3.63, 3.8) is 0 Å². The molecule has 2 heteroatoms. The maximum atomic E-state index is 9.88. The molecule has 0 saturated carbocycles. The molecule has 0 aliphatic rings. The molecule has 17 heavy (non-hydrogen) atoms. The van der Waals surface area contributed by atoms with E-state index < -0.39 is 0 Å². The highest BCUT2D eigenvalue weighted by molar-refractivity contribution is 5.67. The summed E-state index contributed by atoms with van der Waals surface area (Å²) in [6.07, 6.45) is 0. The van der Waals surface area contributed by atoms with Crippen LogP contribution in [-0.2, 0) is 0 Å². The van der Waals surface area contributed by atoms with Crippen molar-refractivity contribution in [2.75, 3.05) is 0 Å². The molecule has 0 atom stereocenters. The van der Waals surface area contributed by atoms with E-state index in [0.29, 0.717) is 5.92 Å². The average molecular weight is 227 g/mol. The minimum atomic E-state index is 0.281. The first kappa shape index (κ1) is 11.6. The van der Waals surface area contributed by atoms with Gasteiger partial charge in [-0.2, -0.15) is 0 Å². The highest BCUT2D eigenvalue weighted by Crippen LogP contribution is 2.29. The van der Waals surface area contributed by atoms with Gasteiger partial charge in [-0.3, -0.25) is 4.98 Å². The number of aromatic hydroxyl groups is 1. The van der Waals surface area contributed by atoms with E-state index in [1.807, 2.05) is 37.3 Å². The molecule has 2 nitrogen and oxygen atoms in total. The van der Waals surface area contributed by atoms with Crippen molar-refractivity contribution in [3.05, 3.63) is 47.7 Å². The summed E-state index contributed by atoms with van der Waals surface area (Å²) in [5.74, 6) is 0.672. The second-order valence-electron chi connectivity index (χ2n) is 4.62. The predicted molar refractivity (Wildman–Crippen MR) is 70.2 cm³/mol. The zero-order chi connectivity index (χ0) is 12.4. The van der Waals surface area contributed by atoms with Gasteiger partial charge in [0.15, 0.2) is 0 Å². The van der Waals surface area contributed by atoms with E-state index in [9.17, 15) is 5.11 Å². The molecular weight excluding hydrogens is 210 g/mol. The third-order valence-electron chi connectivity index (χ3n) is 2.79. The van der Waals surface area contributed by atoms with E-state index in [-0.39, 0.29) is 5.75 Å². The first-order valence-corrected chi connectivity index (χ1v) is 5.85. The van der Waals surface area contributed by atoms with Gasteiger partial charge in [0.25, 0.3) is 0 Å². The first-order valence-electron chi connectivity index (χ1n) is 5.85. The molecule has 88 valence electrons. The lowest BCUT2D eigenvalue weighted by molar-refractivity contribution is 0.477. The molecule has 1 aromatic heterocycles. The van der Waals surface area contributed by atoms with Crippen LogP contribution < -0.4 is 0 Å². The van der Waals surface area contributed by atoms with E-state index in [0.717, 1.165) is 22.5 Å². The summed E-state index contributed by atoms with van der Waals surface area (Å²) in [5, 5.41) is 9.88. The predicted octanol–water partition coefficient (Wildman–Crippen LogP) is 3.89. The van der Waals surface area contributed by atoms with E-state index >= 15 is 0 Å². The van der Waals surface area contributed by atoms with Gasteiger partial charge in [-0.15, -0.1) is 0 Å². The maximum Gasteiger partial charge on any atom is 0.124 e. The minimum Gasteiger partial charge on any atom is -0.507 e. The van der Waals surface area contributed by atoms with E-state index in [1.54, 1.807) is 6.07 Å². The monoisotopic (exact) mass is 227 g/mol. The molecule has 0 amide bonds. The Morgan fingerprint density at radius 1 is 1.12 bits per heavy atom. The van der Waals surface area contributed by atoms with Crippen LogP contribution in [0.2, 0.25) is 0 Å². The van der Waals surface area contributed by atoms with Gasteiger partial charge in [0.1, 0.15) is 5.75 Å². The average Bonchev–Trinajstić information content (AvgIpc) is 2.32. The molecule has 2 aromatic rings. The van der Waals surface area contributed by atoms with Crippen molar-refractivity contribution in [1.82, 2.24) is 4.98 Å². The topological polar surface area (TPSA) is 33.1 Å². The van der Waals surface area contributed by atoms with Gasteiger partial charge in [-0.25, -0.2) is 0 Å². The van der Waals surface area contributed by atoms with Crippen LogP contribution in [0.4, 0.5) is 0 Å². The van der Waals surface area contributed by atoms with Crippen LogP contribution in [0, 0.1) is 6.92 Å². The molecule has 0 spiro atoms. The molecule has 0 aliphatic carbocycles. The number of rotatable bonds is 2. The molecule has 0 fully saturated rings. The van der Waals surface area contributed by atoms with Crippen LogP contribution in [0.15, 0.2) is 36.4 Å². The van der Waals surface area contributed by atoms with E-state index in [1.165, 1.54) is 0 Å². The Morgan fingerprint density at radius 2 is 1.88 bits per heavy atom. The number of benzene rings is 1. The number of phenols is 1. The normalized spacial score (nSPS) is 10.8. The van der Waals surface area contributed by atoms with Crippen LogP contribution >= 0.6 is 0 Å². The number of aryl methyl sites for hydroxylation is 1. The fourth-order valence-corrected chi connectivity index (χ4v) is 1.78. The summed E-state index contributed by atoms with van der Waals surface area (Å²) >= 11 is 0. The lowest BCUT2D eigenvalue weighted by atomic mass is 10.0. The van der Waals surface area contributed by atoms with Gasteiger partial charge in [0.2, 0.25) is 0 Å². The molecule has 0 bridgehead atoms. The minimum absolute atomic E-state index is 0.281. The maximum absolute atomic E-state index is 9.88. The number of nitrogens with zero attached hydrogens (tertiary/aromatic N) is 1. The van der Waals surface area contributed by atoms with Gasteiger partial charge >= 0.3 is 0 Å². The Labute approximate surface area is 102 Å². The smallest absolute Gasteiger partial charge is 0.124 e. The highest BCUT2D eigenvalue weighted by Gasteiger charge is 2.08. The first-order chi connectivity index (χ1) is 8.08. The number of pyridine rings is 1. The quantitative estimate of drug-likeness (QED) is 0.844. The molecule has 1 N–H and O–H groups in total. The third-order valence-corrected chi connectivity index (χ3v) is 2.79. The molecule has 1 heterocycles. The summed E-state index contributed by atoms with van der Waals surface area (Å²) in [7, 11) is 0. The van der Waals surface area contributed by atoms with Gasteiger partial charge < -0.3 is 5.11 Å². The summed E-state index contributed by atoms with van der Waals surface area (Å²) in [6.45, 7) is 6.24. The van der Waals surface area contributed by atoms with Crippen LogP contribution in [-0.4, -0.2) is 10.1 Å². The zero-order valence-corrected chi connectivity index (χ0v) is 10.4. The SMILES string of the molecule is Cc1ccc(O)c(-c2cccc(C(C)C)n2)c1. The number of phenolic OH excluding ortho intramolecular Hbond substituents is 1. The molecule has 1 aromatic carbocycles. The zero-order valence-electron chi connectivity index (χ0n) is 10.4. The second-order valence-corrected chi connectivity index (χ2v) is 4.62. The Kier molecular flexibility index (Phi) is 3.14. The van der Waals surface area contributed by atoms with Crippen molar-refractivity contribution in [3.8, 4) is 17.0 Å². The molecular formula is C15H17NO. The van der Waals surface area contributed by atoms with Crippen LogP contribution in [0.25, 0.3) is 11.3 Å². The molecule has 0 saturated heterocycles. The third kappa shape index (κ3) is 2.47. The standard InChI is InChI=1S/C15H17NO/c1-10(2)13-5-4-6-14(16-13)12-9-11(3)7-8-15(12)17/h4-10,17H,1-3H3. The number of aromatic nitrogens is 1. The summed E-state index contributed by atoms with van der Waals surface area (Å²) in [5.41, 5.74) is 3.79. The highest BCUT2D eigenvalue weighted by atomic mass is 16.3. The lowest BCUT2D eigenvalue weighted by Crippen LogP contribution is -1.94. The van der Waals surface area contributed by atoms with Gasteiger partial charge in [0.05, 0.1) is 5.69 Å². The lowest BCUT2D eigenvalue weighted by Gasteiger charge is -2.09.